The summed E-state index contributed by atoms with van der Waals surface area (Å²) in [5, 5.41) is 12.0. The summed E-state index contributed by atoms with van der Waals surface area (Å²) in [5.74, 6) is 2.29. The highest BCUT2D eigenvalue weighted by Gasteiger charge is 2.27. The number of nitrogens with one attached hydrogen (secondary N) is 1. The van der Waals surface area contributed by atoms with Crippen LogP contribution in [0.4, 0.5) is 11.5 Å². The topological polar surface area (TPSA) is 75.9 Å². The zero-order valence-corrected chi connectivity index (χ0v) is 18.6. The van der Waals surface area contributed by atoms with Crippen molar-refractivity contribution in [3.05, 3.63) is 84.7 Å². The molecule has 4 aromatic rings. The number of anilines is 2. The summed E-state index contributed by atoms with van der Waals surface area (Å²) in [5.41, 5.74) is 2.96. The summed E-state index contributed by atoms with van der Waals surface area (Å²) in [6, 6.07) is 21.8. The maximum absolute atomic E-state index is 12.9. The van der Waals surface area contributed by atoms with Crippen LogP contribution in [0.5, 0.6) is 0 Å². The standard InChI is InChI=1S/C26H26N6O/c1-19-8-5-6-12-22(19)28-26(33)21-11-7-16-31(18-21)23-13-14-24(30-29-23)32-17-15-27-25(32)20-9-3-2-4-10-20/h2-6,8-10,12-15,17,21H,7,11,16,18H2,1H3,(H,28,33). The SMILES string of the molecule is Cc1ccccc1NC(=O)C1CCCN(c2ccc(-n3ccnc3-c3ccccc3)nn2)C1. The largest absolute Gasteiger partial charge is 0.354 e. The Morgan fingerprint density at radius 2 is 1.73 bits per heavy atom. The van der Waals surface area contributed by atoms with Crippen molar-refractivity contribution in [3.8, 4) is 17.2 Å². The van der Waals surface area contributed by atoms with Crippen LogP contribution in [0.15, 0.2) is 79.1 Å². The van der Waals surface area contributed by atoms with Crippen molar-refractivity contribution in [1.82, 2.24) is 19.7 Å². The lowest BCUT2D eigenvalue weighted by Crippen LogP contribution is -2.41. The third kappa shape index (κ3) is 4.48. The second-order valence-corrected chi connectivity index (χ2v) is 8.33. The molecule has 2 aromatic heterocycles. The number of aryl methyl sites for hydroxylation is 1. The van der Waals surface area contributed by atoms with Gasteiger partial charge in [-0.1, -0.05) is 48.5 Å². The van der Waals surface area contributed by atoms with Crippen LogP contribution in [-0.4, -0.2) is 38.7 Å². The monoisotopic (exact) mass is 438 g/mol. The number of carbonyl (C=O) groups is 1. The number of nitrogens with zero attached hydrogens (tertiary/aromatic N) is 5. The van der Waals surface area contributed by atoms with Gasteiger partial charge in [-0.25, -0.2) is 4.98 Å². The molecule has 1 fully saturated rings. The van der Waals surface area contributed by atoms with Crippen molar-refractivity contribution in [2.45, 2.75) is 19.8 Å². The van der Waals surface area contributed by atoms with E-state index in [2.05, 4.69) is 25.4 Å². The summed E-state index contributed by atoms with van der Waals surface area (Å²) >= 11 is 0. The summed E-state index contributed by atoms with van der Waals surface area (Å²) in [4.78, 5) is 19.5. The van der Waals surface area contributed by atoms with Crippen LogP contribution in [0, 0.1) is 12.8 Å². The molecule has 3 heterocycles. The average Bonchev–Trinajstić information content (AvgIpc) is 3.36. The Balaban J connectivity index is 1.29. The summed E-state index contributed by atoms with van der Waals surface area (Å²) in [6.45, 7) is 3.50. The molecular formula is C26H26N6O. The zero-order chi connectivity index (χ0) is 22.6. The van der Waals surface area contributed by atoms with E-state index in [1.165, 1.54) is 0 Å². The van der Waals surface area contributed by atoms with Gasteiger partial charge in [0.15, 0.2) is 11.6 Å². The van der Waals surface area contributed by atoms with Gasteiger partial charge in [0.25, 0.3) is 0 Å². The first-order valence-corrected chi connectivity index (χ1v) is 11.2. The zero-order valence-electron chi connectivity index (χ0n) is 18.6. The predicted octanol–water partition coefficient (Wildman–Crippen LogP) is 4.49. The van der Waals surface area contributed by atoms with Gasteiger partial charge in [-0.3, -0.25) is 9.36 Å². The lowest BCUT2D eigenvalue weighted by molar-refractivity contribution is -0.120. The first-order chi connectivity index (χ1) is 16.2. The van der Waals surface area contributed by atoms with Gasteiger partial charge in [-0.2, -0.15) is 0 Å². The number of hydrogen-bond donors (Lipinski definition) is 1. The van der Waals surface area contributed by atoms with Gasteiger partial charge >= 0.3 is 0 Å². The lowest BCUT2D eigenvalue weighted by Gasteiger charge is -2.32. The van der Waals surface area contributed by atoms with E-state index in [9.17, 15) is 4.79 Å². The Morgan fingerprint density at radius 1 is 0.970 bits per heavy atom. The number of imidazole rings is 1. The molecule has 1 atom stereocenters. The highest BCUT2D eigenvalue weighted by atomic mass is 16.1. The van der Waals surface area contributed by atoms with E-state index in [4.69, 9.17) is 0 Å². The van der Waals surface area contributed by atoms with E-state index in [-0.39, 0.29) is 11.8 Å². The highest BCUT2D eigenvalue weighted by molar-refractivity contribution is 5.93. The van der Waals surface area contributed by atoms with Crippen LogP contribution in [0.2, 0.25) is 0 Å². The molecule has 1 unspecified atom stereocenters. The van der Waals surface area contributed by atoms with Crippen LogP contribution < -0.4 is 10.2 Å². The van der Waals surface area contributed by atoms with Crippen molar-refractivity contribution >= 4 is 17.4 Å². The minimum Gasteiger partial charge on any atom is -0.354 e. The highest BCUT2D eigenvalue weighted by Crippen LogP contribution is 2.25. The van der Waals surface area contributed by atoms with E-state index in [1.807, 2.05) is 84.4 Å². The molecule has 1 aliphatic heterocycles. The van der Waals surface area contributed by atoms with Crippen LogP contribution in [0.3, 0.4) is 0 Å². The van der Waals surface area contributed by atoms with E-state index < -0.39 is 0 Å². The predicted molar refractivity (Wildman–Crippen MR) is 129 cm³/mol. The molecule has 0 bridgehead atoms. The number of carbonyl (C=O) groups excluding carboxylic acids is 1. The minimum absolute atomic E-state index is 0.0597. The first kappa shape index (κ1) is 20.9. The molecule has 1 aliphatic rings. The molecule has 0 saturated carbocycles. The van der Waals surface area contributed by atoms with E-state index in [1.54, 1.807) is 6.20 Å². The van der Waals surface area contributed by atoms with Crippen molar-refractivity contribution in [2.24, 2.45) is 5.92 Å². The third-order valence-electron chi connectivity index (χ3n) is 6.08. The van der Waals surface area contributed by atoms with Gasteiger partial charge < -0.3 is 10.2 Å². The summed E-state index contributed by atoms with van der Waals surface area (Å²) < 4.78 is 1.93. The van der Waals surface area contributed by atoms with Gasteiger partial charge in [0.05, 0.1) is 5.92 Å². The number of hydrogen-bond acceptors (Lipinski definition) is 5. The fourth-order valence-electron chi connectivity index (χ4n) is 4.25. The molecule has 5 rings (SSSR count). The van der Waals surface area contributed by atoms with Crippen molar-refractivity contribution < 1.29 is 4.79 Å². The lowest BCUT2D eigenvalue weighted by atomic mass is 9.97. The average molecular weight is 439 g/mol. The van der Waals surface area contributed by atoms with Crippen molar-refractivity contribution in [2.75, 3.05) is 23.3 Å². The van der Waals surface area contributed by atoms with Crippen molar-refractivity contribution in [1.29, 1.82) is 0 Å². The van der Waals surface area contributed by atoms with E-state index in [0.29, 0.717) is 12.4 Å². The normalized spacial score (nSPS) is 15.9. The van der Waals surface area contributed by atoms with Gasteiger partial charge in [0.2, 0.25) is 5.91 Å². The fourth-order valence-corrected chi connectivity index (χ4v) is 4.25. The van der Waals surface area contributed by atoms with Crippen LogP contribution >= 0.6 is 0 Å². The maximum Gasteiger partial charge on any atom is 0.229 e. The second kappa shape index (κ2) is 9.24. The molecule has 166 valence electrons. The molecule has 1 saturated heterocycles. The van der Waals surface area contributed by atoms with E-state index >= 15 is 0 Å². The Kier molecular flexibility index (Phi) is 5.85. The number of piperidine rings is 1. The summed E-state index contributed by atoms with van der Waals surface area (Å²) in [6.07, 6.45) is 5.46. The summed E-state index contributed by atoms with van der Waals surface area (Å²) in [7, 11) is 0. The number of amides is 1. The Bertz CT molecular complexity index is 1240. The quantitative estimate of drug-likeness (QED) is 0.497. The van der Waals surface area contributed by atoms with Crippen LogP contribution in [-0.2, 0) is 4.79 Å². The first-order valence-electron chi connectivity index (χ1n) is 11.2. The van der Waals surface area contributed by atoms with Gasteiger partial charge in [-0.15, -0.1) is 10.2 Å². The Labute approximate surface area is 193 Å². The van der Waals surface area contributed by atoms with Gasteiger partial charge in [-0.05, 0) is 43.5 Å². The molecule has 0 spiro atoms. The fraction of sp³-hybridized carbons (Fsp3) is 0.231. The molecule has 2 aromatic carbocycles. The van der Waals surface area contributed by atoms with Gasteiger partial charge in [0.1, 0.15) is 5.82 Å². The molecule has 1 N–H and O–H groups in total. The number of rotatable bonds is 5. The Morgan fingerprint density at radius 3 is 2.52 bits per heavy atom. The van der Waals surface area contributed by atoms with E-state index in [0.717, 1.165) is 47.8 Å². The molecule has 0 aliphatic carbocycles. The molecular weight excluding hydrogens is 412 g/mol. The van der Waals surface area contributed by atoms with Crippen molar-refractivity contribution in [3.63, 3.8) is 0 Å². The molecule has 1 amide bonds. The minimum atomic E-state index is -0.0850. The van der Waals surface area contributed by atoms with Crippen LogP contribution in [0.1, 0.15) is 18.4 Å². The second-order valence-electron chi connectivity index (χ2n) is 8.33. The smallest absolute Gasteiger partial charge is 0.229 e. The number of para-hydroxylation sites is 1. The van der Waals surface area contributed by atoms with Gasteiger partial charge in [0, 0.05) is 36.7 Å². The molecule has 7 heteroatoms. The maximum atomic E-state index is 12.9. The Hall–Kier alpha value is -4.00. The number of aromatic nitrogens is 4. The van der Waals surface area contributed by atoms with Crippen LogP contribution in [0.25, 0.3) is 17.2 Å². The molecule has 33 heavy (non-hydrogen) atoms. The third-order valence-corrected chi connectivity index (χ3v) is 6.08. The number of benzene rings is 2. The molecule has 7 nitrogen and oxygen atoms in total. The molecule has 0 radical (unpaired) electrons.